The van der Waals surface area contributed by atoms with Crippen LogP contribution in [0.5, 0.6) is 23.0 Å². The van der Waals surface area contributed by atoms with Crippen LogP contribution in [0, 0.1) is 0 Å². The van der Waals surface area contributed by atoms with Crippen molar-refractivity contribution in [2.24, 2.45) is 0 Å². The Morgan fingerprint density at radius 2 is 1.61 bits per heavy atom. The van der Waals surface area contributed by atoms with Gasteiger partial charge in [0.15, 0.2) is 23.0 Å². The quantitative estimate of drug-likeness (QED) is 0.684. The van der Waals surface area contributed by atoms with Crippen LogP contribution in [0.25, 0.3) is 0 Å². The van der Waals surface area contributed by atoms with E-state index in [-0.39, 0.29) is 4.90 Å². The van der Waals surface area contributed by atoms with Crippen LogP contribution in [0.15, 0.2) is 41.3 Å². The fraction of sp³-hybridized carbons (Fsp3) is 0.435. The molecule has 1 fully saturated rings. The van der Waals surface area contributed by atoms with E-state index in [1.807, 2.05) is 0 Å². The maximum atomic E-state index is 12.8. The molecule has 0 unspecified atom stereocenters. The van der Waals surface area contributed by atoms with Gasteiger partial charge in [-0.15, -0.1) is 0 Å². The van der Waals surface area contributed by atoms with Crippen molar-refractivity contribution < 1.29 is 32.2 Å². The molecular weight excluding hydrogens is 448 g/mol. The van der Waals surface area contributed by atoms with E-state index in [4.69, 9.17) is 18.9 Å². The Morgan fingerprint density at radius 1 is 0.909 bits per heavy atom. The molecule has 3 aliphatic rings. The molecule has 9 nitrogen and oxygen atoms in total. The van der Waals surface area contributed by atoms with Crippen molar-refractivity contribution in [2.45, 2.75) is 55.8 Å². The van der Waals surface area contributed by atoms with Gasteiger partial charge in [-0.25, -0.2) is 8.42 Å². The van der Waals surface area contributed by atoms with E-state index < -0.39 is 27.8 Å². The summed E-state index contributed by atoms with van der Waals surface area (Å²) in [5.74, 6) is 1.01. The van der Waals surface area contributed by atoms with E-state index in [1.54, 1.807) is 24.3 Å². The molecule has 10 heteroatoms. The molecule has 0 bridgehead atoms. The molecule has 1 atom stereocenters. The molecule has 0 aromatic heterocycles. The zero-order valence-electron chi connectivity index (χ0n) is 18.3. The molecule has 2 heterocycles. The second kappa shape index (κ2) is 8.42. The first kappa shape index (κ1) is 21.8. The Balaban J connectivity index is 1.25. The maximum absolute atomic E-state index is 12.8. The van der Waals surface area contributed by atoms with Crippen molar-refractivity contribution in [1.82, 2.24) is 4.72 Å². The third kappa shape index (κ3) is 4.45. The largest absolute Gasteiger partial charge is 0.490 e. The molecule has 1 saturated carbocycles. The Kier molecular flexibility index (Phi) is 5.57. The zero-order chi connectivity index (χ0) is 23.1. The van der Waals surface area contributed by atoms with Gasteiger partial charge in [0.1, 0.15) is 0 Å². The van der Waals surface area contributed by atoms with Crippen LogP contribution >= 0.6 is 0 Å². The van der Waals surface area contributed by atoms with Crippen molar-refractivity contribution in [3.63, 3.8) is 0 Å². The van der Waals surface area contributed by atoms with Gasteiger partial charge in [0.2, 0.25) is 15.9 Å². The van der Waals surface area contributed by atoms with Crippen molar-refractivity contribution in [3.05, 3.63) is 36.4 Å². The molecule has 1 aliphatic carbocycles. The Labute approximate surface area is 192 Å². The van der Waals surface area contributed by atoms with E-state index in [2.05, 4.69) is 10.0 Å². The number of benzene rings is 2. The summed E-state index contributed by atoms with van der Waals surface area (Å²) in [5.41, 5.74) is 0.499. The fourth-order valence-electron chi connectivity index (χ4n) is 4.20. The number of sulfonamides is 1. The molecule has 2 aliphatic heterocycles. The van der Waals surface area contributed by atoms with Gasteiger partial charge >= 0.3 is 0 Å². The second-order valence-corrected chi connectivity index (χ2v) is 10.2. The van der Waals surface area contributed by atoms with Gasteiger partial charge in [-0.2, -0.15) is 4.72 Å². The van der Waals surface area contributed by atoms with Crippen molar-refractivity contribution in [2.75, 3.05) is 18.5 Å². The van der Waals surface area contributed by atoms with Gasteiger partial charge in [-0.3, -0.25) is 4.79 Å². The van der Waals surface area contributed by atoms with Crippen LogP contribution in [0.1, 0.15) is 39.0 Å². The minimum Gasteiger partial charge on any atom is -0.490 e. The molecule has 0 saturated heterocycles. The lowest BCUT2D eigenvalue weighted by atomic mass is 10.2. The lowest BCUT2D eigenvalue weighted by molar-refractivity contribution is -0.117. The smallest absolute Gasteiger partial charge is 0.251 e. The van der Waals surface area contributed by atoms with E-state index in [1.165, 1.54) is 19.1 Å². The van der Waals surface area contributed by atoms with Gasteiger partial charge in [0.05, 0.1) is 24.2 Å². The molecular formula is C23H26N2O7S. The standard InChI is InChI=1S/C23H26N2O7S/c1-15(25-33(27,28)17-6-8-18-20(14-17)30-12-4-11-29-18)22(26)24-16-5-7-19-21(13-16)32-23(31-19)9-2-3-10-23/h5-8,13-15,25H,2-4,9-12H2,1H3,(H,24,26)/t15-/m1/s1. The highest BCUT2D eigenvalue weighted by atomic mass is 32.2. The van der Waals surface area contributed by atoms with Gasteiger partial charge in [-0.05, 0) is 44.0 Å². The van der Waals surface area contributed by atoms with Crippen LogP contribution in [0.3, 0.4) is 0 Å². The van der Waals surface area contributed by atoms with Crippen molar-refractivity contribution in [1.29, 1.82) is 0 Å². The third-order valence-corrected chi connectivity index (χ3v) is 7.46. The van der Waals surface area contributed by atoms with Crippen LogP contribution in [0.2, 0.25) is 0 Å². The second-order valence-electron chi connectivity index (χ2n) is 8.47. The molecule has 5 rings (SSSR count). The summed E-state index contributed by atoms with van der Waals surface area (Å²) in [7, 11) is -3.96. The summed E-state index contributed by atoms with van der Waals surface area (Å²) in [5, 5.41) is 2.74. The normalized spacial score (nSPS) is 19.2. The number of anilines is 1. The minimum atomic E-state index is -3.96. The van der Waals surface area contributed by atoms with E-state index in [9.17, 15) is 13.2 Å². The predicted molar refractivity (Wildman–Crippen MR) is 119 cm³/mol. The van der Waals surface area contributed by atoms with Crippen LogP contribution in [-0.2, 0) is 14.8 Å². The fourth-order valence-corrected chi connectivity index (χ4v) is 5.42. The van der Waals surface area contributed by atoms with Crippen LogP contribution < -0.4 is 29.0 Å². The number of carbonyl (C=O) groups excluding carboxylic acids is 1. The molecule has 1 spiro atoms. The SMILES string of the molecule is C[C@@H](NS(=O)(=O)c1ccc2c(c1)OCCCO2)C(=O)Nc1ccc2c(c1)OC1(CCCC1)O2. The number of rotatable bonds is 5. The first-order valence-corrected chi connectivity index (χ1v) is 12.6. The number of hydrogen-bond acceptors (Lipinski definition) is 7. The number of hydrogen-bond donors (Lipinski definition) is 2. The van der Waals surface area contributed by atoms with Crippen LogP contribution in [0.4, 0.5) is 5.69 Å². The summed E-state index contributed by atoms with van der Waals surface area (Å²) in [6.07, 6.45) is 4.49. The molecule has 2 aromatic carbocycles. The summed E-state index contributed by atoms with van der Waals surface area (Å²) >= 11 is 0. The monoisotopic (exact) mass is 474 g/mol. The number of carbonyl (C=O) groups is 1. The minimum absolute atomic E-state index is 0.00339. The number of fused-ring (bicyclic) bond motifs is 2. The highest BCUT2D eigenvalue weighted by Crippen LogP contribution is 2.47. The van der Waals surface area contributed by atoms with Gasteiger partial charge < -0.3 is 24.3 Å². The van der Waals surface area contributed by atoms with Crippen LogP contribution in [-0.4, -0.2) is 39.4 Å². The van der Waals surface area contributed by atoms with Gasteiger partial charge in [0.25, 0.3) is 5.79 Å². The van der Waals surface area contributed by atoms with E-state index in [0.717, 1.165) is 25.7 Å². The summed E-state index contributed by atoms with van der Waals surface area (Å²) in [6, 6.07) is 8.54. The average Bonchev–Trinajstić information content (AvgIpc) is 3.30. The van der Waals surface area contributed by atoms with Gasteiger partial charge in [-0.1, -0.05) is 0 Å². The molecule has 1 amide bonds. The molecule has 0 radical (unpaired) electrons. The maximum Gasteiger partial charge on any atom is 0.251 e. The zero-order valence-corrected chi connectivity index (χ0v) is 19.1. The molecule has 2 N–H and O–H groups in total. The Bertz CT molecular complexity index is 1180. The van der Waals surface area contributed by atoms with Crippen molar-refractivity contribution in [3.8, 4) is 23.0 Å². The summed E-state index contributed by atoms with van der Waals surface area (Å²) in [4.78, 5) is 12.7. The average molecular weight is 475 g/mol. The Morgan fingerprint density at radius 3 is 2.39 bits per heavy atom. The topological polar surface area (TPSA) is 112 Å². The Hall–Kier alpha value is -2.98. The van der Waals surface area contributed by atoms with Gasteiger partial charge in [0, 0.05) is 37.1 Å². The highest BCUT2D eigenvalue weighted by Gasteiger charge is 2.44. The summed E-state index contributed by atoms with van der Waals surface area (Å²) < 4.78 is 51.2. The molecule has 2 aromatic rings. The first-order valence-electron chi connectivity index (χ1n) is 11.1. The number of ether oxygens (including phenoxy) is 4. The van der Waals surface area contributed by atoms with E-state index >= 15 is 0 Å². The van der Waals surface area contributed by atoms with E-state index in [0.29, 0.717) is 48.3 Å². The summed E-state index contributed by atoms with van der Waals surface area (Å²) in [6.45, 7) is 2.44. The third-order valence-electron chi connectivity index (χ3n) is 5.92. The number of nitrogens with one attached hydrogen (secondary N) is 2. The number of amides is 1. The first-order chi connectivity index (χ1) is 15.8. The van der Waals surface area contributed by atoms with Crippen molar-refractivity contribution >= 4 is 21.6 Å². The lowest BCUT2D eigenvalue weighted by Gasteiger charge is -2.21. The lowest BCUT2D eigenvalue weighted by Crippen LogP contribution is -2.41. The predicted octanol–water partition coefficient (Wildman–Crippen LogP) is 3.19. The highest BCUT2D eigenvalue weighted by molar-refractivity contribution is 7.89. The molecule has 176 valence electrons. The molecule has 33 heavy (non-hydrogen) atoms.